The maximum atomic E-state index is 3.11. The molecular formula is C27H28P2. The highest BCUT2D eigenvalue weighted by atomic mass is 31.1. The van der Waals surface area contributed by atoms with Crippen molar-refractivity contribution in [3.05, 3.63) is 84.9 Å². The zero-order chi connectivity index (χ0) is 19.8. The molecule has 0 amide bonds. The maximum absolute atomic E-state index is 3.11. The van der Waals surface area contributed by atoms with E-state index in [0.29, 0.717) is 5.66 Å². The first kappa shape index (κ1) is 19.2. The molecule has 1 saturated carbocycles. The second-order valence-corrected chi connectivity index (χ2v) is 11.8. The average Bonchev–Trinajstić information content (AvgIpc) is 3.24. The molecule has 2 heteroatoms. The van der Waals surface area contributed by atoms with Crippen molar-refractivity contribution in [3.63, 3.8) is 0 Å². The summed E-state index contributed by atoms with van der Waals surface area (Å²) in [4.78, 5) is 0. The van der Waals surface area contributed by atoms with Gasteiger partial charge in [-0.05, 0) is 70.2 Å². The molecule has 3 unspecified atom stereocenters. The van der Waals surface area contributed by atoms with E-state index < -0.39 is 7.92 Å². The minimum Gasteiger partial charge on any atom is -0.134 e. The van der Waals surface area contributed by atoms with Crippen molar-refractivity contribution in [2.75, 3.05) is 0 Å². The molecule has 1 aliphatic carbocycles. The molecule has 4 atom stereocenters. The van der Waals surface area contributed by atoms with Crippen LogP contribution in [0.1, 0.15) is 26.2 Å². The van der Waals surface area contributed by atoms with E-state index in [4.69, 9.17) is 0 Å². The molecule has 146 valence electrons. The summed E-state index contributed by atoms with van der Waals surface area (Å²) in [6, 6.07) is 31.8. The predicted octanol–water partition coefficient (Wildman–Crippen LogP) is 6.86. The van der Waals surface area contributed by atoms with Crippen molar-refractivity contribution in [2.24, 2.45) is 5.92 Å². The molecule has 0 heterocycles. The zero-order valence-corrected chi connectivity index (χ0v) is 19.0. The molecule has 0 aromatic heterocycles. The third kappa shape index (κ3) is 3.52. The number of fused-ring (bicyclic) bond motifs is 2. The van der Waals surface area contributed by atoms with E-state index in [0.717, 1.165) is 11.6 Å². The van der Waals surface area contributed by atoms with Gasteiger partial charge in [-0.15, -0.1) is 9.24 Å². The monoisotopic (exact) mass is 414 g/mol. The summed E-state index contributed by atoms with van der Waals surface area (Å²) in [6.45, 7) is 2.40. The molecule has 0 aliphatic heterocycles. The van der Waals surface area contributed by atoms with E-state index in [9.17, 15) is 0 Å². The molecular weight excluding hydrogens is 386 g/mol. The molecule has 0 nitrogen and oxygen atoms in total. The molecule has 1 aliphatic rings. The zero-order valence-electron chi connectivity index (χ0n) is 17.0. The highest BCUT2D eigenvalue weighted by molar-refractivity contribution is 7.74. The van der Waals surface area contributed by atoms with Crippen LogP contribution in [-0.2, 0) is 0 Å². The lowest BCUT2D eigenvalue weighted by atomic mass is 10.0. The molecule has 0 radical (unpaired) electrons. The van der Waals surface area contributed by atoms with E-state index in [1.165, 1.54) is 40.8 Å². The van der Waals surface area contributed by atoms with Gasteiger partial charge in [0.1, 0.15) is 0 Å². The van der Waals surface area contributed by atoms with Gasteiger partial charge in [0.05, 0.1) is 0 Å². The SMILES string of the molecule is C[C@H](P)C1CCCC1P(c1cccc2ccccc12)c1cccc2ccccc12. The molecule has 5 rings (SSSR count). The Morgan fingerprint density at radius 2 is 1.24 bits per heavy atom. The molecule has 0 N–H and O–H groups in total. The van der Waals surface area contributed by atoms with Crippen LogP contribution in [0.25, 0.3) is 21.5 Å². The van der Waals surface area contributed by atoms with E-state index >= 15 is 0 Å². The van der Waals surface area contributed by atoms with Crippen molar-refractivity contribution < 1.29 is 0 Å². The van der Waals surface area contributed by atoms with E-state index in [-0.39, 0.29) is 0 Å². The first-order valence-corrected chi connectivity index (χ1v) is 12.8. The van der Waals surface area contributed by atoms with Crippen LogP contribution < -0.4 is 10.6 Å². The summed E-state index contributed by atoms with van der Waals surface area (Å²) in [6.07, 6.45) is 4.08. The largest absolute Gasteiger partial charge is 0.134 e. The first-order valence-electron chi connectivity index (χ1n) is 10.7. The van der Waals surface area contributed by atoms with Gasteiger partial charge >= 0.3 is 0 Å². The number of rotatable bonds is 4. The van der Waals surface area contributed by atoms with E-state index in [1.54, 1.807) is 10.6 Å². The van der Waals surface area contributed by atoms with Crippen LogP contribution in [-0.4, -0.2) is 11.3 Å². The van der Waals surface area contributed by atoms with Crippen LogP contribution in [0.15, 0.2) is 84.9 Å². The van der Waals surface area contributed by atoms with Crippen LogP contribution in [0.3, 0.4) is 0 Å². The summed E-state index contributed by atoms with van der Waals surface area (Å²) in [7, 11) is 2.68. The van der Waals surface area contributed by atoms with Crippen molar-refractivity contribution in [3.8, 4) is 0 Å². The predicted molar refractivity (Wildman–Crippen MR) is 134 cm³/mol. The van der Waals surface area contributed by atoms with Gasteiger partial charge in [0.25, 0.3) is 0 Å². The molecule has 0 saturated heterocycles. The Balaban J connectivity index is 1.78. The summed E-state index contributed by atoms with van der Waals surface area (Å²) in [5.41, 5.74) is 1.41. The van der Waals surface area contributed by atoms with Crippen LogP contribution >= 0.6 is 17.2 Å². The second-order valence-electron chi connectivity index (χ2n) is 8.39. The summed E-state index contributed by atoms with van der Waals surface area (Å²) < 4.78 is 0. The van der Waals surface area contributed by atoms with Crippen molar-refractivity contribution in [1.29, 1.82) is 0 Å². The fourth-order valence-corrected chi connectivity index (χ4v) is 9.51. The lowest BCUT2D eigenvalue weighted by Crippen LogP contribution is -2.28. The summed E-state index contributed by atoms with van der Waals surface area (Å²) in [5.74, 6) is 0.782. The Hall–Kier alpha value is -1.74. The van der Waals surface area contributed by atoms with Gasteiger partial charge < -0.3 is 0 Å². The molecule has 4 aromatic carbocycles. The van der Waals surface area contributed by atoms with Crippen LogP contribution in [0.5, 0.6) is 0 Å². The topological polar surface area (TPSA) is 0 Å². The van der Waals surface area contributed by atoms with E-state index in [2.05, 4.69) is 101 Å². The van der Waals surface area contributed by atoms with Crippen LogP contribution in [0.2, 0.25) is 0 Å². The van der Waals surface area contributed by atoms with Crippen molar-refractivity contribution >= 4 is 49.3 Å². The first-order chi connectivity index (χ1) is 14.2. The number of benzene rings is 4. The van der Waals surface area contributed by atoms with Gasteiger partial charge in [0.15, 0.2) is 0 Å². The molecule has 0 bridgehead atoms. The van der Waals surface area contributed by atoms with Gasteiger partial charge in [-0.3, -0.25) is 0 Å². The summed E-state index contributed by atoms with van der Waals surface area (Å²) >= 11 is 0. The minimum absolute atomic E-state index is 0.437. The third-order valence-electron chi connectivity index (χ3n) is 6.59. The Bertz CT molecular complexity index is 1060. The number of hydrogen-bond donors (Lipinski definition) is 0. The molecule has 29 heavy (non-hydrogen) atoms. The minimum atomic E-state index is -0.437. The smallest absolute Gasteiger partial charge is 0.00943 e. The lowest BCUT2D eigenvalue weighted by Gasteiger charge is -2.33. The maximum Gasteiger partial charge on any atom is -0.00943 e. The van der Waals surface area contributed by atoms with Gasteiger partial charge in [0, 0.05) is 0 Å². The highest BCUT2D eigenvalue weighted by Gasteiger charge is 2.37. The lowest BCUT2D eigenvalue weighted by molar-refractivity contribution is 0.552. The van der Waals surface area contributed by atoms with Crippen molar-refractivity contribution in [2.45, 2.75) is 37.5 Å². The van der Waals surface area contributed by atoms with Crippen molar-refractivity contribution in [1.82, 2.24) is 0 Å². The standard InChI is InChI=1S/C27H28P2/c1-19(28)22-15-8-18-25(22)29(26-16-6-11-20-9-2-4-13-23(20)26)27-17-7-12-21-10-3-5-14-24(21)27/h2-7,9-14,16-17,19,22,25H,8,15,18,28H2,1H3/t19-,22?,25?/m0/s1. The summed E-state index contributed by atoms with van der Waals surface area (Å²) in [5, 5.41) is 8.75. The molecule has 1 fully saturated rings. The van der Waals surface area contributed by atoms with Gasteiger partial charge in [-0.25, -0.2) is 0 Å². The highest BCUT2D eigenvalue weighted by Crippen LogP contribution is 2.53. The molecule has 0 spiro atoms. The second kappa shape index (κ2) is 8.18. The van der Waals surface area contributed by atoms with Gasteiger partial charge in [-0.1, -0.05) is 98.3 Å². The normalized spacial score (nSPS) is 20.5. The van der Waals surface area contributed by atoms with Crippen LogP contribution in [0.4, 0.5) is 0 Å². The quantitative estimate of drug-likeness (QED) is 0.320. The fraction of sp³-hybridized carbons (Fsp3) is 0.259. The average molecular weight is 414 g/mol. The van der Waals surface area contributed by atoms with E-state index in [1.807, 2.05) is 0 Å². The third-order valence-corrected chi connectivity index (χ3v) is 10.2. The van der Waals surface area contributed by atoms with Crippen LogP contribution in [0, 0.1) is 5.92 Å². The number of hydrogen-bond acceptors (Lipinski definition) is 0. The molecule has 4 aromatic rings. The Morgan fingerprint density at radius 1 is 0.724 bits per heavy atom. The fourth-order valence-electron chi connectivity index (χ4n) is 5.23. The Morgan fingerprint density at radius 3 is 1.79 bits per heavy atom. The Kier molecular flexibility index (Phi) is 5.43. The van der Waals surface area contributed by atoms with Gasteiger partial charge in [-0.2, -0.15) is 0 Å². The van der Waals surface area contributed by atoms with Gasteiger partial charge in [0.2, 0.25) is 0 Å². The Labute approximate surface area is 177 Å².